The molecule has 2 rings (SSSR count). The molecule has 1 saturated heterocycles. The molecular formula is C18H29ClN2. The Kier molecular flexibility index (Phi) is 7.01. The lowest BCUT2D eigenvalue weighted by molar-refractivity contribution is 0.159. The molecule has 1 heterocycles. The SMILES string of the molecule is CCCN(CC1CCNCC1)C(C)Cc1ccc(Cl)cc1. The zero-order valence-electron chi connectivity index (χ0n) is 13.4. The van der Waals surface area contributed by atoms with Gasteiger partial charge in [-0.3, -0.25) is 0 Å². The Morgan fingerprint density at radius 1 is 1.24 bits per heavy atom. The van der Waals surface area contributed by atoms with Gasteiger partial charge in [0.1, 0.15) is 0 Å². The molecule has 1 N–H and O–H groups in total. The highest BCUT2D eigenvalue weighted by molar-refractivity contribution is 6.30. The van der Waals surface area contributed by atoms with Crippen molar-refractivity contribution in [2.24, 2.45) is 5.92 Å². The Bertz CT molecular complexity index is 398. The third-order valence-corrected chi connectivity index (χ3v) is 4.78. The molecule has 1 atom stereocenters. The van der Waals surface area contributed by atoms with E-state index in [0.717, 1.165) is 17.4 Å². The third-order valence-electron chi connectivity index (χ3n) is 4.53. The maximum atomic E-state index is 5.97. The zero-order chi connectivity index (χ0) is 15.1. The molecule has 21 heavy (non-hydrogen) atoms. The summed E-state index contributed by atoms with van der Waals surface area (Å²) >= 11 is 5.97. The van der Waals surface area contributed by atoms with Gasteiger partial charge in [-0.05, 0) is 75.9 Å². The van der Waals surface area contributed by atoms with Crippen LogP contribution < -0.4 is 5.32 Å². The summed E-state index contributed by atoms with van der Waals surface area (Å²) in [5.41, 5.74) is 1.39. The van der Waals surface area contributed by atoms with Crippen LogP contribution in [0.15, 0.2) is 24.3 Å². The lowest BCUT2D eigenvalue weighted by atomic mass is 9.96. The van der Waals surface area contributed by atoms with Gasteiger partial charge in [-0.15, -0.1) is 0 Å². The maximum absolute atomic E-state index is 5.97. The van der Waals surface area contributed by atoms with Gasteiger partial charge < -0.3 is 10.2 Å². The summed E-state index contributed by atoms with van der Waals surface area (Å²) in [5.74, 6) is 0.866. The lowest BCUT2D eigenvalue weighted by Gasteiger charge is -2.34. The number of hydrogen-bond donors (Lipinski definition) is 1. The van der Waals surface area contributed by atoms with Crippen LogP contribution in [0.25, 0.3) is 0 Å². The second-order valence-electron chi connectivity index (χ2n) is 6.37. The molecule has 1 fully saturated rings. The molecule has 118 valence electrons. The third kappa shape index (κ3) is 5.61. The quantitative estimate of drug-likeness (QED) is 0.819. The van der Waals surface area contributed by atoms with Crippen LogP contribution in [0.5, 0.6) is 0 Å². The zero-order valence-corrected chi connectivity index (χ0v) is 14.2. The van der Waals surface area contributed by atoms with E-state index < -0.39 is 0 Å². The minimum absolute atomic E-state index is 0.598. The van der Waals surface area contributed by atoms with E-state index in [2.05, 4.69) is 36.2 Å². The topological polar surface area (TPSA) is 15.3 Å². The van der Waals surface area contributed by atoms with Crippen molar-refractivity contribution in [1.82, 2.24) is 10.2 Å². The van der Waals surface area contributed by atoms with Crippen molar-refractivity contribution in [3.8, 4) is 0 Å². The van der Waals surface area contributed by atoms with Crippen LogP contribution in [0.3, 0.4) is 0 Å². The maximum Gasteiger partial charge on any atom is 0.0406 e. The minimum atomic E-state index is 0.598. The molecule has 1 aliphatic heterocycles. The fourth-order valence-corrected chi connectivity index (χ4v) is 3.39. The average molecular weight is 309 g/mol. The van der Waals surface area contributed by atoms with Crippen LogP contribution in [-0.4, -0.2) is 37.1 Å². The Morgan fingerprint density at radius 3 is 2.52 bits per heavy atom. The summed E-state index contributed by atoms with van der Waals surface area (Å²) in [6.07, 6.45) is 5.00. The van der Waals surface area contributed by atoms with Crippen molar-refractivity contribution in [2.45, 2.75) is 45.6 Å². The van der Waals surface area contributed by atoms with Gasteiger partial charge in [0.2, 0.25) is 0 Å². The second kappa shape index (κ2) is 8.77. The van der Waals surface area contributed by atoms with Crippen molar-refractivity contribution in [3.05, 3.63) is 34.9 Å². The van der Waals surface area contributed by atoms with Crippen molar-refractivity contribution in [2.75, 3.05) is 26.2 Å². The summed E-state index contributed by atoms with van der Waals surface area (Å²) < 4.78 is 0. The summed E-state index contributed by atoms with van der Waals surface area (Å²) in [5, 5.41) is 4.29. The van der Waals surface area contributed by atoms with Gasteiger partial charge in [0.05, 0.1) is 0 Å². The highest BCUT2D eigenvalue weighted by Crippen LogP contribution is 2.18. The van der Waals surface area contributed by atoms with Gasteiger partial charge >= 0.3 is 0 Å². The van der Waals surface area contributed by atoms with Crippen LogP contribution in [0, 0.1) is 5.92 Å². The van der Waals surface area contributed by atoms with E-state index in [1.165, 1.54) is 51.0 Å². The van der Waals surface area contributed by atoms with E-state index in [9.17, 15) is 0 Å². The van der Waals surface area contributed by atoms with Crippen molar-refractivity contribution >= 4 is 11.6 Å². The van der Waals surface area contributed by atoms with Gasteiger partial charge in [0.25, 0.3) is 0 Å². The lowest BCUT2D eigenvalue weighted by Crippen LogP contribution is -2.41. The van der Waals surface area contributed by atoms with E-state index in [-0.39, 0.29) is 0 Å². The van der Waals surface area contributed by atoms with Crippen LogP contribution in [0.4, 0.5) is 0 Å². The van der Waals surface area contributed by atoms with Gasteiger partial charge in [-0.1, -0.05) is 30.7 Å². The molecular weight excluding hydrogens is 280 g/mol. The number of piperidine rings is 1. The fourth-order valence-electron chi connectivity index (χ4n) is 3.27. The standard InChI is InChI=1S/C18H29ClN2/c1-3-12-21(14-17-8-10-20-11-9-17)15(2)13-16-4-6-18(19)7-5-16/h4-7,15,17,20H,3,8-14H2,1-2H3. The predicted molar refractivity (Wildman–Crippen MR) is 92.1 cm³/mol. The summed E-state index contributed by atoms with van der Waals surface area (Å²) in [6, 6.07) is 8.92. The van der Waals surface area contributed by atoms with Gasteiger partial charge in [0, 0.05) is 17.6 Å². The van der Waals surface area contributed by atoms with Crippen molar-refractivity contribution < 1.29 is 0 Å². The summed E-state index contributed by atoms with van der Waals surface area (Å²) in [7, 11) is 0. The summed E-state index contributed by atoms with van der Waals surface area (Å²) in [6.45, 7) is 9.49. The Balaban J connectivity index is 1.90. The first-order chi connectivity index (χ1) is 10.2. The van der Waals surface area contributed by atoms with E-state index in [0.29, 0.717) is 6.04 Å². The normalized spacial score (nSPS) is 18.1. The second-order valence-corrected chi connectivity index (χ2v) is 6.80. The van der Waals surface area contributed by atoms with Crippen LogP contribution in [0.2, 0.25) is 5.02 Å². The number of nitrogens with zero attached hydrogens (tertiary/aromatic N) is 1. The highest BCUT2D eigenvalue weighted by atomic mass is 35.5. The molecule has 0 spiro atoms. The predicted octanol–water partition coefficient (Wildman–Crippen LogP) is 3.98. The monoisotopic (exact) mass is 308 g/mol. The molecule has 0 bridgehead atoms. The Labute approximate surface area is 134 Å². The van der Waals surface area contributed by atoms with E-state index in [1.54, 1.807) is 0 Å². The van der Waals surface area contributed by atoms with E-state index in [4.69, 9.17) is 11.6 Å². The minimum Gasteiger partial charge on any atom is -0.317 e. The van der Waals surface area contributed by atoms with Crippen molar-refractivity contribution in [1.29, 1.82) is 0 Å². The first kappa shape index (κ1) is 16.8. The van der Waals surface area contributed by atoms with Crippen molar-refractivity contribution in [3.63, 3.8) is 0 Å². The molecule has 1 aromatic rings. The molecule has 0 amide bonds. The number of halogens is 1. The first-order valence-electron chi connectivity index (χ1n) is 8.38. The fraction of sp³-hybridized carbons (Fsp3) is 0.667. The molecule has 0 radical (unpaired) electrons. The number of hydrogen-bond acceptors (Lipinski definition) is 2. The molecule has 1 aromatic carbocycles. The average Bonchev–Trinajstić information content (AvgIpc) is 2.50. The number of benzene rings is 1. The molecule has 2 nitrogen and oxygen atoms in total. The molecule has 0 aromatic heterocycles. The van der Waals surface area contributed by atoms with Gasteiger partial charge in [-0.2, -0.15) is 0 Å². The number of nitrogens with one attached hydrogen (secondary N) is 1. The molecule has 1 aliphatic rings. The Hall–Kier alpha value is -0.570. The molecule has 0 saturated carbocycles. The molecule has 0 aliphatic carbocycles. The molecule has 3 heteroatoms. The van der Waals surface area contributed by atoms with E-state index >= 15 is 0 Å². The molecule has 1 unspecified atom stereocenters. The van der Waals surface area contributed by atoms with Gasteiger partial charge in [-0.25, -0.2) is 0 Å². The summed E-state index contributed by atoms with van der Waals surface area (Å²) in [4.78, 5) is 2.69. The Morgan fingerprint density at radius 2 is 1.90 bits per heavy atom. The highest BCUT2D eigenvalue weighted by Gasteiger charge is 2.20. The first-order valence-corrected chi connectivity index (χ1v) is 8.76. The van der Waals surface area contributed by atoms with Crippen LogP contribution in [-0.2, 0) is 6.42 Å². The number of rotatable bonds is 7. The van der Waals surface area contributed by atoms with Crippen LogP contribution in [0.1, 0.15) is 38.7 Å². The van der Waals surface area contributed by atoms with Gasteiger partial charge in [0.15, 0.2) is 0 Å². The smallest absolute Gasteiger partial charge is 0.0406 e. The largest absolute Gasteiger partial charge is 0.317 e. The van der Waals surface area contributed by atoms with E-state index in [1.807, 2.05) is 12.1 Å². The van der Waals surface area contributed by atoms with Crippen LogP contribution >= 0.6 is 11.6 Å².